The zero-order chi connectivity index (χ0) is 18.0. The first-order valence-electron chi connectivity index (χ1n) is 7.86. The van der Waals surface area contributed by atoms with Crippen molar-refractivity contribution in [3.05, 3.63) is 89.2 Å². The van der Waals surface area contributed by atoms with Gasteiger partial charge in [-0.2, -0.15) is 0 Å². The molecule has 0 spiro atoms. The van der Waals surface area contributed by atoms with Gasteiger partial charge in [-0.3, -0.25) is 4.98 Å². The van der Waals surface area contributed by atoms with Gasteiger partial charge in [0.1, 0.15) is 11.6 Å². The molecule has 0 bridgehead atoms. The van der Waals surface area contributed by atoms with E-state index < -0.39 is 18.0 Å². The number of nitrogens with zero attached hydrogens (tertiary/aromatic N) is 1. The summed E-state index contributed by atoms with van der Waals surface area (Å²) in [6.07, 6.45) is 1.72. The molecule has 0 aliphatic carbocycles. The summed E-state index contributed by atoms with van der Waals surface area (Å²) < 4.78 is 27.0. The summed E-state index contributed by atoms with van der Waals surface area (Å²) in [5.41, 5.74) is 9.15. The predicted molar refractivity (Wildman–Crippen MR) is 92.7 cm³/mol. The second-order valence-corrected chi connectivity index (χ2v) is 5.99. The number of benzene rings is 2. The van der Waals surface area contributed by atoms with Crippen LogP contribution in [0.1, 0.15) is 28.8 Å². The first-order valence-corrected chi connectivity index (χ1v) is 7.86. The molecular weight excluding hydrogens is 322 g/mol. The highest BCUT2D eigenvalue weighted by atomic mass is 19.1. The van der Waals surface area contributed by atoms with Crippen LogP contribution in [-0.2, 0) is 0 Å². The SMILES string of the molecule is Cc1ccc(C(N)C(O)c2ccc(-c3cncc(F)c3)cc2)cc1F. The van der Waals surface area contributed by atoms with Gasteiger partial charge in [0.15, 0.2) is 0 Å². The normalized spacial score (nSPS) is 13.5. The number of aliphatic hydroxyl groups excluding tert-OH is 1. The van der Waals surface area contributed by atoms with Gasteiger partial charge in [0, 0.05) is 11.8 Å². The fraction of sp³-hybridized carbons (Fsp3) is 0.150. The van der Waals surface area contributed by atoms with Crippen LogP contribution in [0.5, 0.6) is 0 Å². The zero-order valence-electron chi connectivity index (χ0n) is 13.7. The summed E-state index contributed by atoms with van der Waals surface area (Å²) in [6.45, 7) is 1.67. The average molecular weight is 340 g/mol. The van der Waals surface area contributed by atoms with Crippen molar-refractivity contribution in [3.63, 3.8) is 0 Å². The Morgan fingerprint density at radius 2 is 1.60 bits per heavy atom. The predicted octanol–water partition coefficient (Wildman–Crippen LogP) is 4.07. The van der Waals surface area contributed by atoms with Gasteiger partial charge in [0.25, 0.3) is 0 Å². The first kappa shape index (κ1) is 17.2. The van der Waals surface area contributed by atoms with Crippen LogP contribution in [0.2, 0.25) is 0 Å². The van der Waals surface area contributed by atoms with Crippen molar-refractivity contribution in [1.29, 1.82) is 0 Å². The fourth-order valence-corrected chi connectivity index (χ4v) is 2.65. The smallest absolute Gasteiger partial charge is 0.142 e. The molecule has 2 unspecified atom stereocenters. The lowest BCUT2D eigenvalue weighted by Gasteiger charge is -2.20. The van der Waals surface area contributed by atoms with Crippen molar-refractivity contribution in [1.82, 2.24) is 4.98 Å². The van der Waals surface area contributed by atoms with E-state index in [-0.39, 0.29) is 5.82 Å². The summed E-state index contributed by atoms with van der Waals surface area (Å²) in [4.78, 5) is 3.82. The lowest BCUT2D eigenvalue weighted by molar-refractivity contribution is 0.147. The summed E-state index contributed by atoms with van der Waals surface area (Å²) >= 11 is 0. The monoisotopic (exact) mass is 340 g/mol. The molecule has 3 rings (SSSR count). The lowest BCUT2D eigenvalue weighted by atomic mass is 9.94. The van der Waals surface area contributed by atoms with Crippen LogP contribution < -0.4 is 5.73 Å². The van der Waals surface area contributed by atoms with E-state index >= 15 is 0 Å². The molecule has 128 valence electrons. The Labute approximate surface area is 144 Å². The highest BCUT2D eigenvalue weighted by Crippen LogP contribution is 2.29. The average Bonchev–Trinajstić information content (AvgIpc) is 2.63. The van der Waals surface area contributed by atoms with Crippen molar-refractivity contribution in [3.8, 4) is 11.1 Å². The Bertz CT molecular complexity index is 881. The summed E-state index contributed by atoms with van der Waals surface area (Å²) in [5, 5.41) is 10.5. The molecule has 0 amide bonds. The molecule has 0 fully saturated rings. The Morgan fingerprint density at radius 3 is 2.24 bits per heavy atom. The number of hydrogen-bond acceptors (Lipinski definition) is 3. The molecule has 2 aromatic carbocycles. The van der Waals surface area contributed by atoms with Crippen molar-refractivity contribution in [2.75, 3.05) is 0 Å². The molecule has 3 N–H and O–H groups in total. The van der Waals surface area contributed by atoms with Gasteiger partial charge in [-0.15, -0.1) is 0 Å². The molecule has 1 aromatic heterocycles. The highest BCUT2D eigenvalue weighted by Gasteiger charge is 2.19. The van der Waals surface area contributed by atoms with Gasteiger partial charge in [-0.05, 0) is 41.3 Å². The second-order valence-electron chi connectivity index (χ2n) is 5.99. The summed E-state index contributed by atoms with van der Waals surface area (Å²) in [7, 11) is 0. The van der Waals surface area contributed by atoms with Crippen molar-refractivity contribution < 1.29 is 13.9 Å². The Balaban J connectivity index is 1.82. The van der Waals surface area contributed by atoms with E-state index in [1.807, 2.05) is 0 Å². The molecule has 2 atom stereocenters. The number of aliphatic hydroxyl groups is 1. The van der Waals surface area contributed by atoms with Gasteiger partial charge < -0.3 is 10.8 Å². The first-order chi connectivity index (χ1) is 12.0. The third kappa shape index (κ3) is 3.73. The van der Waals surface area contributed by atoms with E-state index in [9.17, 15) is 13.9 Å². The van der Waals surface area contributed by atoms with Crippen molar-refractivity contribution in [2.24, 2.45) is 5.73 Å². The highest BCUT2D eigenvalue weighted by molar-refractivity contribution is 5.62. The van der Waals surface area contributed by atoms with Crippen LogP contribution in [-0.4, -0.2) is 10.1 Å². The number of nitrogens with two attached hydrogens (primary N) is 1. The van der Waals surface area contributed by atoms with Gasteiger partial charge in [-0.1, -0.05) is 36.4 Å². The summed E-state index contributed by atoms with van der Waals surface area (Å²) in [6, 6.07) is 12.3. The van der Waals surface area contributed by atoms with Crippen LogP contribution in [0, 0.1) is 18.6 Å². The van der Waals surface area contributed by atoms with E-state index in [4.69, 9.17) is 5.73 Å². The second kappa shape index (κ2) is 7.09. The van der Waals surface area contributed by atoms with E-state index in [1.165, 1.54) is 12.1 Å². The molecule has 3 nitrogen and oxygen atoms in total. The largest absolute Gasteiger partial charge is 0.386 e. The Morgan fingerprint density at radius 1 is 0.920 bits per heavy atom. The van der Waals surface area contributed by atoms with Crippen LogP contribution in [0.15, 0.2) is 60.9 Å². The van der Waals surface area contributed by atoms with Crippen LogP contribution >= 0.6 is 0 Å². The number of halogens is 2. The lowest BCUT2D eigenvalue weighted by Crippen LogP contribution is -2.19. The number of rotatable bonds is 4. The molecule has 1 heterocycles. The number of aromatic nitrogens is 1. The van der Waals surface area contributed by atoms with Crippen LogP contribution in [0.4, 0.5) is 8.78 Å². The maximum atomic E-state index is 13.7. The topological polar surface area (TPSA) is 59.1 Å². The third-order valence-corrected chi connectivity index (χ3v) is 4.21. The van der Waals surface area contributed by atoms with E-state index in [1.54, 1.807) is 49.5 Å². The number of hydrogen-bond donors (Lipinski definition) is 2. The number of aryl methyl sites for hydroxylation is 1. The van der Waals surface area contributed by atoms with E-state index in [0.29, 0.717) is 22.3 Å². The maximum Gasteiger partial charge on any atom is 0.142 e. The van der Waals surface area contributed by atoms with Crippen molar-refractivity contribution in [2.45, 2.75) is 19.1 Å². The van der Waals surface area contributed by atoms with E-state index in [2.05, 4.69) is 4.98 Å². The minimum Gasteiger partial charge on any atom is -0.386 e. The molecule has 0 saturated heterocycles. The molecular formula is C20H18F2N2O. The van der Waals surface area contributed by atoms with Crippen molar-refractivity contribution >= 4 is 0 Å². The van der Waals surface area contributed by atoms with E-state index in [0.717, 1.165) is 11.8 Å². The van der Waals surface area contributed by atoms with Crippen LogP contribution in [0.3, 0.4) is 0 Å². The van der Waals surface area contributed by atoms with Gasteiger partial charge in [0.2, 0.25) is 0 Å². The Kier molecular flexibility index (Phi) is 4.88. The van der Waals surface area contributed by atoms with Gasteiger partial charge >= 0.3 is 0 Å². The molecule has 5 heteroatoms. The molecule has 0 aliphatic heterocycles. The minimum absolute atomic E-state index is 0.353. The van der Waals surface area contributed by atoms with Gasteiger partial charge in [-0.25, -0.2) is 8.78 Å². The fourth-order valence-electron chi connectivity index (χ4n) is 2.65. The molecule has 3 aromatic rings. The minimum atomic E-state index is -0.984. The number of pyridine rings is 1. The Hall–Kier alpha value is -2.63. The van der Waals surface area contributed by atoms with Gasteiger partial charge in [0.05, 0.1) is 18.3 Å². The quantitative estimate of drug-likeness (QED) is 0.753. The van der Waals surface area contributed by atoms with Crippen LogP contribution in [0.25, 0.3) is 11.1 Å². The third-order valence-electron chi connectivity index (χ3n) is 4.21. The summed E-state index contributed by atoms with van der Waals surface area (Å²) in [5.74, 6) is -0.765. The molecule has 25 heavy (non-hydrogen) atoms. The molecule has 0 aliphatic rings. The molecule has 0 saturated carbocycles. The maximum absolute atomic E-state index is 13.7. The molecule has 0 radical (unpaired) electrons. The zero-order valence-corrected chi connectivity index (χ0v) is 13.7. The standard InChI is InChI=1S/C20H18F2N2O/c1-12-2-3-15(9-18(12)22)19(23)20(25)14-6-4-13(5-7-14)16-8-17(21)11-24-10-16/h2-11,19-20,25H,23H2,1H3.